The van der Waals surface area contributed by atoms with Crippen LogP contribution in [0.1, 0.15) is 12.2 Å². The Kier molecular flexibility index (Phi) is 5.36. The summed E-state index contributed by atoms with van der Waals surface area (Å²) in [7, 11) is 0. The number of amides is 4. The van der Waals surface area contributed by atoms with Crippen LogP contribution in [0.2, 0.25) is 0 Å². The number of urea groups is 1. The minimum absolute atomic E-state index is 0.0270. The van der Waals surface area contributed by atoms with E-state index in [-0.39, 0.29) is 35.7 Å². The van der Waals surface area contributed by atoms with Crippen molar-refractivity contribution >= 4 is 29.6 Å². The third-order valence-corrected chi connectivity index (χ3v) is 7.64. The van der Waals surface area contributed by atoms with Crippen LogP contribution >= 0.6 is 11.8 Å². The van der Waals surface area contributed by atoms with Gasteiger partial charge in [0.1, 0.15) is 17.8 Å². The highest BCUT2D eigenvalue weighted by molar-refractivity contribution is 7.99. The summed E-state index contributed by atoms with van der Waals surface area (Å²) in [6.07, 6.45) is 2.33. The number of carbonyl (C=O) groups is 3. The lowest BCUT2D eigenvalue weighted by Gasteiger charge is -2.48. The van der Waals surface area contributed by atoms with E-state index in [9.17, 15) is 14.4 Å². The lowest BCUT2D eigenvalue weighted by molar-refractivity contribution is -0.162. The number of furan rings is 1. The summed E-state index contributed by atoms with van der Waals surface area (Å²) in [5.74, 6) is 1.63. The van der Waals surface area contributed by atoms with Gasteiger partial charge < -0.3 is 28.8 Å². The zero-order valence-electron chi connectivity index (χ0n) is 16.8. The molecule has 1 aromatic rings. The zero-order chi connectivity index (χ0) is 20.7. The molecule has 0 bridgehead atoms. The Bertz CT molecular complexity index is 812. The molecule has 9 nitrogen and oxygen atoms in total. The van der Waals surface area contributed by atoms with Gasteiger partial charge in [0.25, 0.3) is 0 Å². The molecule has 0 unspecified atom stereocenters. The van der Waals surface area contributed by atoms with Crippen LogP contribution in [-0.2, 0) is 20.1 Å². The Hall–Kier alpha value is -2.20. The van der Waals surface area contributed by atoms with Crippen molar-refractivity contribution in [3.8, 4) is 0 Å². The number of hydrogen-bond donors (Lipinski definition) is 0. The molecule has 3 atom stereocenters. The van der Waals surface area contributed by atoms with Gasteiger partial charge in [-0.05, 0) is 18.6 Å². The second-order valence-corrected chi connectivity index (χ2v) is 9.42. The van der Waals surface area contributed by atoms with Crippen LogP contribution in [0.25, 0.3) is 0 Å². The summed E-state index contributed by atoms with van der Waals surface area (Å²) in [5, 5.41) is 0.209. The summed E-state index contributed by atoms with van der Waals surface area (Å²) in [4.78, 5) is 46.1. The number of nitrogens with zero attached hydrogens (tertiary/aromatic N) is 4. The zero-order valence-corrected chi connectivity index (χ0v) is 17.6. The minimum Gasteiger partial charge on any atom is -0.468 e. The number of thioether (sulfide) groups is 1. The molecule has 0 N–H and O–H groups in total. The summed E-state index contributed by atoms with van der Waals surface area (Å²) in [5.41, 5.74) is 0. The maximum atomic E-state index is 13.2. The van der Waals surface area contributed by atoms with Gasteiger partial charge in [0, 0.05) is 38.0 Å². The molecule has 4 fully saturated rings. The quantitative estimate of drug-likeness (QED) is 0.687. The van der Waals surface area contributed by atoms with E-state index in [1.807, 2.05) is 12.1 Å². The van der Waals surface area contributed by atoms with Crippen molar-refractivity contribution in [3.05, 3.63) is 24.2 Å². The Labute approximate surface area is 179 Å². The third kappa shape index (κ3) is 3.56. The Morgan fingerprint density at radius 1 is 1.00 bits per heavy atom. The predicted octanol–water partition coefficient (Wildman–Crippen LogP) is 0.461. The molecule has 0 aliphatic carbocycles. The molecule has 5 heterocycles. The summed E-state index contributed by atoms with van der Waals surface area (Å²) in [6.45, 7) is 3.95. The van der Waals surface area contributed by atoms with Gasteiger partial charge >= 0.3 is 6.03 Å². The first-order valence-corrected chi connectivity index (χ1v) is 11.5. The third-order valence-electron chi connectivity index (χ3n) is 6.37. The maximum absolute atomic E-state index is 13.2. The first-order chi connectivity index (χ1) is 14.6. The molecule has 0 radical (unpaired) electrons. The van der Waals surface area contributed by atoms with E-state index in [4.69, 9.17) is 9.15 Å². The van der Waals surface area contributed by atoms with Crippen molar-refractivity contribution in [2.75, 3.05) is 52.5 Å². The average Bonchev–Trinajstić information content (AvgIpc) is 3.46. The van der Waals surface area contributed by atoms with E-state index < -0.39 is 6.04 Å². The fourth-order valence-electron chi connectivity index (χ4n) is 4.76. The maximum Gasteiger partial charge on any atom is 0.320 e. The van der Waals surface area contributed by atoms with Crippen LogP contribution in [0.15, 0.2) is 22.8 Å². The smallest absolute Gasteiger partial charge is 0.320 e. The molecule has 0 spiro atoms. The molecule has 0 aromatic carbocycles. The van der Waals surface area contributed by atoms with Crippen LogP contribution in [0, 0.1) is 0 Å². The van der Waals surface area contributed by atoms with Gasteiger partial charge in [-0.1, -0.05) is 0 Å². The lowest BCUT2D eigenvalue weighted by atomic mass is 10.0. The Morgan fingerprint density at radius 3 is 2.57 bits per heavy atom. The first kappa shape index (κ1) is 19.7. The van der Waals surface area contributed by atoms with E-state index in [1.165, 1.54) is 0 Å². The van der Waals surface area contributed by atoms with E-state index in [1.54, 1.807) is 37.6 Å². The fraction of sp³-hybridized carbons (Fsp3) is 0.650. The SMILES string of the molecule is O=C(N1CCOCC1)N1CCN2C(=O)[C@@H]3C[C@H](SCc4ccco4)CN3C(=O)[C@H]2C1. The van der Waals surface area contributed by atoms with Gasteiger partial charge in [0.05, 0.1) is 31.8 Å². The molecule has 1 aromatic heterocycles. The molecular weight excluding hydrogens is 408 g/mol. The van der Waals surface area contributed by atoms with Gasteiger partial charge in [0.15, 0.2) is 0 Å². The molecule has 0 saturated carbocycles. The molecule has 4 aliphatic heterocycles. The van der Waals surface area contributed by atoms with Crippen LogP contribution < -0.4 is 0 Å². The Morgan fingerprint density at radius 2 is 1.80 bits per heavy atom. The standard InChI is InChI=1S/C20H26N4O5S/c25-18-16-10-15(30-13-14-2-1-7-29-14)11-24(16)19(26)17-12-22(3-4-23(17)18)20(27)21-5-8-28-9-6-21/h1-2,7,15-17H,3-6,8-13H2/t15-,16-,17+/m0/s1. The van der Waals surface area contributed by atoms with Crippen molar-refractivity contribution in [2.45, 2.75) is 29.5 Å². The molecule has 5 rings (SSSR count). The van der Waals surface area contributed by atoms with E-state index in [0.29, 0.717) is 52.4 Å². The first-order valence-electron chi connectivity index (χ1n) is 10.5. The number of ether oxygens (including phenoxy) is 1. The molecule has 162 valence electrons. The van der Waals surface area contributed by atoms with E-state index >= 15 is 0 Å². The number of piperazine rings is 2. The topological polar surface area (TPSA) is 86.5 Å². The number of fused-ring (bicyclic) bond motifs is 2. The number of rotatable bonds is 3. The van der Waals surface area contributed by atoms with Crippen LogP contribution in [-0.4, -0.2) is 107 Å². The number of hydrogen-bond acceptors (Lipinski definition) is 6. The van der Waals surface area contributed by atoms with Gasteiger partial charge in [0.2, 0.25) is 11.8 Å². The summed E-state index contributed by atoms with van der Waals surface area (Å²) < 4.78 is 10.7. The Balaban J connectivity index is 1.24. The normalized spacial score (nSPS) is 29.3. The number of morpholine rings is 1. The molecule has 4 saturated heterocycles. The van der Waals surface area contributed by atoms with Gasteiger partial charge in [-0.2, -0.15) is 0 Å². The molecular formula is C20H26N4O5S. The highest BCUT2D eigenvalue weighted by atomic mass is 32.2. The largest absolute Gasteiger partial charge is 0.468 e. The van der Waals surface area contributed by atoms with Crippen LogP contribution in [0.5, 0.6) is 0 Å². The lowest BCUT2D eigenvalue weighted by Crippen LogP contribution is -2.70. The minimum atomic E-state index is -0.568. The second-order valence-electron chi connectivity index (χ2n) is 8.13. The predicted molar refractivity (Wildman–Crippen MR) is 109 cm³/mol. The molecule has 4 aliphatic rings. The fourth-order valence-corrected chi connectivity index (χ4v) is 5.91. The average molecular weight is 435 g/mol. The summed E-state index contributed by atoms with van der Waals surface area (Å²) >= 11 is 1.73. The van der Waals surface area contributed by atoms with Crippen molar-refractivity contribution in [2.24, 2.45) is 0 Å². The monoisotopic (exact) mass is 434 g/mol. The van der Waals surface area contributed by atoms with Crippen molar-refractivity contribution < 1.29 is 23.5 Å². The number of carbonyl (C=O) groups excluding carboxylic acids is 3. The van der Waals surface area contributed by atoms with Gasteiger partial charge in [-0.3, -0.25) is 9.59 Å². The van der Waals surface area contributed by atoms with E-state index in [2.05, 4.69) is 0 Å². The molecule has 4 amide bonds. The van der Waals surface area contributed by atoms with Gasteiger partial charge in [-0.15, -0.1) is 11.8 Å². The van der Waals surface area contributed by atoms with Crippen molar-refractivity contribution in [3.63, 3.8) is 0 Å². The van der Waals surface area contributed by atoms with Crippen molar-refractivity contribution in [1.82, 2.24) is 19.6 Å². The molecule has 30 heavy (non-hydrogen) atoms. The van der Waals surface area contributed by atoms with Crippen LogP contribution in [0.4, 0.5) is 4.79 Å². The second kappa shape index (κ2) is 8.14. The van der Waals surface area contributed by atoms with Crippen molar-refractivity contribution in [1.29, 1.82) is 0 Å². The highest BCUT2D eigenvalue weighted by Crippen LogP contribution is 2.35. The summed E-state index contributed by atoms with van der Waals surface area (Å²) in [6, 6.07) is 2.80. The van der Waals surface area contributed by atoms with Gasteiger partial charge in [-0.25, -0.2) is 4.79 Å². The van der Waals surface area contributed by atoms with E-state index in [0.717, 1.165) is 11.5 Å². The van der Waals surface area contributed by atoms with Crippen LogP contribution in [0.3, 0.4) is 0 Å². The highest BCUT2D eigenvalue weighted by Gasteiger charge is 2.52. The molecule has 10 heteroatoms.